The van der Waals surface area contributed by atoms with Crippen molar-refractivity contribution in [2.45, 2.75) is 12.6 Å². The third-order valence-corrected chi connectivity index (χ3v) is 4.35. The molecule has 0 fully saturated rings. The van der Waals surface area contributed by atoms with Crippen molar-refractivity contribution in [2.24, 2.45) is 5.73 Å². The van der Waals surface area contributed by atoms with E-state index in [1.165, 1.54) is 0 Å². The number of benzene rings is 1. The van der Waals surface area contributed by atoms with Crippen LogP contribution in [-0.4, -0.2) is 31.5 Å². The van der Waals surface area contributed by atoms with Gasteiger partial charge in [0.1, 0.15) is 6.67 Å². The second kappa shape index (κ2) is 7.22. The minimum absolute atomic E-state index is 0.135. The van der Waals surface area contributed by atoms with E-state index in [2.05, 4.69) is 15.1 Å². The first-order chi connectivity index (χ1) is 13.2. The molecule has 3 N–H and O–H groups in total. The zero-order valence-electron chi connectivity index (χ0n) is 14.5. The molecule has 1 atom stereocenters. The zero-order chi connectivity index (χ0) is 18.8. The Morgan fingerprint density at radius 2 is 1.93 bits per heavy atom. The van der Waals surface area contributed by atoms with E-state index < -0.39 is 12.7 Å². The van der Waals surface area contributed by atoms with Crippen molar-refractivity contribution in [1.29, 1.82) is 0 Å². The van der Waals surface area contributed by atoms with E-state index in [-0.39, 0.29) is 6.61 Å². The number of rotatable bonds is 5. The molecule has 0 aliphatic carbocycles. The molecule has 136 valence electrons. The Hall–Kier alpha value is -3.16. The van der Waals surface area contributed by atoms with Gasteiger partial charge in [-0.15, -0.1) is 0 Å². The van der Waals surface area contributed by atoms with Gasteiger partial charge in [-0.25, -0.2) is 14.1 Å². The lowest BCUT2D eigenvalue weighted by Gasteiger charge is -2.09. The Labute approximate surface area is 155 Å². The number of aliphatic hydroxyl groups is 1. The third-order valence-electron chi connectivity index (χ3n) is 4.35. The van der Waals surface area contributed by atoms with Crippen LogP contribution < -0.4 is 5.73 Å². The first kappa shape index (κ1) is 17.3. The van der Waals surface area contributed by atoms with E-state index in [9.17, 15) is 9.50 Å². The summed E-state index contributed by atoms with van der Waals surface area (Å²) in [6.07, 6.45) is 1.76. The number of hydrogen-bond donors (Lipinski definition) is 2. The van der Waals surface area contributed by atoms with Crippen molar-refractivity contribution < 1.29 is 9.50 Å². The normalized spacial score (nSPS) is 12.4. The summed E-state index contributed by atoms with van der Waals surface area (Å²) in [4.78, 5) is 8.90. The number of nitrogens with zero attached hydrogens (tertiary/aromatic N) is 4. The highest BCUT2D eigenvalue weighted by Gasteiger charge is 2.11. The molecule has 3 aromatic heterocycles. The fourth-order valence-corrected chi connectivity index (χ4v) is 2.93. The lowest BCUT2D eigenvalue weighted by atomic mass is 10.1. The van der Waals surface area contributed by atoms with E-state index >= 15 is 0 Å². The van der Waals surface area contributed by atoms with Crippen molar-refractivity contribution in [2.75, 3.05) is 6.67 Å². The van der Waals surface area contributed by atoms with Crippen LogP contribution in [0.15, 0.2) is 60.8 Å². The first-order valence-corrected chi connectivity index (χ1v) is 8.53. The molecule has 4 rings (SSSR count). The number of alkyl halides is 1. The highest BCUT2D eigenvalue weighted by atomic mass is 19.1. The van der Waals surface area contributed by atoms with Gasteiger partial charge < -0.3 is 10.8 Å². The number of halogens is 1. The maximum Gasteiger partial charge on any atom is 0.154 e. The maximum absolute atomic E-state index is 12.9. The minimum Gasteiger partial charge on any atom is -0.390 e. The molecular formula is C20H18FN5O. The number of pyridine rings is 2. The summed E-state index contributed by atoms with van der Waals surface area (Å²) >= 11 is 0. The molecule has 27 heavy (non-hydrogen) atoms. The summed E-state index contributed by atoms with van der Waals surface area (Å²) in [5, 5.41) is 14.7. The number of hydrogen-bond acceptors (Lipinski definition) is 5. The Bertz CT molecular complexity index is 1090. The van der Waals surface area contributed by atoms with Gasteiger partial charge in [-0.3, -0.25) is 4.98 Å². The highest BCUT2D eigenvalue weighted by molar-refractivity contribution is 5.84. The molecule has 7 heteroatoms. The quantitative estimate of drug-likeness (QED) is 0.569. The van der Waals surface area contributed by atoms with Crippen LogP contribution in [0.3, 0.4) is 0 Å². The van der Waals surface area contributed by atoms with Crippen molar-refractivity contribution in [1.82, 2.24) is 19.7 Å². The largest absolute Gasteiger partial charge is 0.390 e. The fraction of sp³-hybridized carbons (Fsp3) is 0.150. The molecule has 4 aromatic rings. The molecule has 0 saturated heterocycles. The number of nitrogens with two attached hydrogens (primary N) is 1. The molecule has 0 aliphatic heterocycles. The van der Waals surface area contributed by atoms with Crippen LogP contribution >= 0.6 is 0 Å². The Kier molecular flexibility index (Phi) is 4.62. The number of fused-ring (bicyclic) bond motifs is 1. The molecule has 0 saturated carbocycles. The first-order valence-electron chi connectivity index (χ1n) is 8.53. The van der Waals surface area contributed by atoms with E-state index in [1.54, 1.807) is 23.0 Å². The molecule has 0 bridgehead atoms. The van der Waals surface area contributed by atoms with Gasteiger partial charge in [-0.1, -0.05) is 24.3 Å². The van der Waals surface area contributed by atoms with Crippen LogP contribution in [0, 0.1) is 0 Å². The molecule has 3 heterocycles. The smallest absolute Gasteiger partial charge is 0.154 e. The van der Waals surface area contributed by atoms with E-state index in [0.717, 1.165) is 16.5 Å². The van der Waals surface area contributed by atoms with Crippen LogP contribution in [0.25, 0.3) is 28.0 Å². The highest BCUT2D eigenvalue weighted by Crippen LogP contribution is 2.25. The number of aromatic nitrogens is 4. The van der Waals surface area contributed by atoms with Crippen LogP contribution in [0.5, 0.6) is 0 Å². The average Bonchev–Trinajstić information content (AvgIpc) is 3.16. The predicted octanol–water partition coefficient (Wildman–Crippen LogP) is 2.94. The van der Waals surface area contributed by atoms with Crippen LogP contribution in [0.4, 0.5) is 4.39 Å². The van der Waals surface area contributed by atoms with Gasteiger partial charge in [-0.05, 0) is 30.3 Å². The molecule has 0 amide bonds. The van der Waals surface area contributed by atoms with Crippen molar-refractivity contribution >= 4 is 10.9 Å². The van der Waals surface area contributed by atoms with Crippen LogP contribution in [-0.2, 0) is 6.61 Å². The second-order valence-corrected chi connectivity index (χ2v) is 6.18. The molecule has 0 radical (unpaired) electrons. The lowest BCUT2D eigenvalue weighted by Crippen LogP contribution is -2.13. The number of aliphatic hydroxyl groups excluding tert-OH is 1. The summed E-state index contributed by atoms with van der Waals surface area (Å²) in [5.74, 6) is 0.620. The molecule has 0 spiro atoms. The van der Waals surface area contributed by atoms with Crippen molar-refractivity contribution in [3.05, 3.63) is 72.2 Å². The van der Waals surface area contributed by atoms with Gasteiger partial charge in [0.2, 0.25) is 0 Å². The predicted molar refractivity (Wildman–Crippen MR) is 101 cm³/mol. The summed E-state index contributed by atoms with van der Waals surface area (Å²) in [7, 11) is 0. The monoisotopic (exact) mass is 363 g/mol. The van der Waals surface area contributed by atoms with Gasteiger partial charge in [0.25, 0.3) is 0 Å². The second-order valence-electron chi connectivity index (χ2n) is 6.18. The van der Waals surface area contributed by atoms with Crippen molar-refractivity contribution in [3.8, 4) is 17.1 Å². The Morgan fingerprint density at radius 3 is 2.74 bits per heavy atom. The van der Waals surface area contributed by atoms with Gasteiger partial charge in [0.15, 0.2) is 5.82 Å². The average molecular weight is 363 g/mol. The molecule has 0 unspecified atom stereocenters. The van der Waals surface area contributed by atoms with Crippen LogP contribution in [0.2, 0.25) is 0 Å². The van der Waals surface area contributed by atoms with Gasteiger partial charge in [0, 0.05) is 10.9 Å². The van der Waals surface area contributed by atoms with Crippen molar-refractivity contribution in [3.63, 3.8) is 0 Å². The zero-order valence-corrected chi connectivity index (χ0v) is 14.5. The summed E-state index contributed by atoms with van der Waals surface area (Å²) < 4.78 is 14.6. The molecule has 0 aliphatic rings. The van der Waals surface area contributed by atoms with Gasteiger partial charge in [0.05, 0.1) is 41.4 Å². The standard InChI is InChI=1S/C20H18FN5O/c21-10-16(22)18-5-2-4-17(25-18)13-7-8-14-11-23-26(19(14)9-13)20-6-1-3-15(12-27)24-20/h1-9,11,16,27H,10,12,22H2/t16-/m0/s1. The Morgan fingerprint density at radius 1 is 1.07 bits per heavy atom. The molecular weight excluding hydrogens is 345 g/mol. The SMILES string of the molecule is N[C@@H](CF)c1cccc(-c2ccc3cnn(-c4cccc(CO)n4)c3c2)n1. The van der Waals surface area contributed by atoms with E-state index in [1.807, 2.05) is 42.5 Å². The third kappa shape index (κ3) is 3.30. The Balaban J connectivity index is 1.80. The fourth-order valence-electron chi connectivity index (χ4n) is 2.93. The maximum atomic E-state index is 12.9. The van der Waals surface area contributed by atoms with E-state index in [4.69, 9.17) is 5.73 Å². The minimum atomic E-state index is -0.732. The van der Waals surface area contributed by atoms with Gasteiger partial charge >= 0.3 is 0 Å². The van der Waals surface area contributed by atoms with E-state index in [0.29, 0.717) is 22.9 Å². The summed E-state index contributed by atoms with van der Waals surface area (Å²) in [5.41, 5.74) is 9.29. The lowest BCUT2D eigenvalue weighted by molar-refractivity contribution is 0.276. The molecule has 1 aromatic carbocycles. The summed E-state index contributed by atoms with van der Waals surface area (Å²) in [6.45, 7) is -0.793. The van der Waals surface area contributed by atoms with Gasteiger partial charge in [-0.2, -0.15) is 5.10 Å². The van der Waals surface area contributed by atoms with Crippen LogP contribution in [0.1, 0.15) is 17.4 Å². The topological polar surface area (TPSA) is 89.8 Å². The molecule has 6 nitrogen and oxygen atoms in total. The summed E-state index contributed by atoms with van der Waals surface area (Å²) in [6, 6.07) is 15.9.